The second-order valence-electron chi connectivity index (χ2n) is 16.7. The summed E-state index contributed by atoms with van der Waals surface area (Å²) in [6.45, 7) is 6.10. The van der Waals surface area contributed by atoms with Crippen molar-refractivity contribution in [1.29, 1.82) is 0 Å². The molecule has 0 bridgehead atoms. The van der Waals surface area contributed by atoms with E-state index in [0.717, 1.165) is 11.1 Å². The Kier molecular flexibility index (Phi) is 11.5. The van der Waals surface area contributed by atoms with Crippen LogP contribution < -0.4 is 27.0 Å². The summed E-state index contributed by atoms with van der Waals surface area (Å²) in [5.41, 5.74) is 16.3. The fraction of sp³-hybridized carbons (Fsp3) is 0.255. The van der Waals surface area contributed by atoms with Gasteiger partial charge < -0.3 is 41.6 Å². The minimum Gasteiger partial charge on any atom is -0.432 e. The van der Waals surface area contributed by atoms with Crippen LogP contribution in [0.25, 0.3) is 0 Å². The lowest BCUT2D eigenvalue weighted by Gasteiger charge is -2.32. The van der Waals surface area contributed by atoms with Gasteiger partial charge in [-0.2, -0.15) is 0 Å². The molecule has 0 aliphatic carbocycles. The molecule has 6 aromatic rings. The van der Waals surface area contributed by atoms with Crippen molar-refractivity contribution in [2.75, 3.05) is 33.6 Å². The first-order chi connectivity index (χ1) is 29.7. The van der Waals surface area contributed by atoms with Crippen molar-refractivity contribution in [1.82, 2.24) is 15.0 Å². The normalized spacial score (nSPS) is 20.0. The number of hydrogen-bond acceptors (Lipinski definition) is 10. The summed E-state index contributed by atoms with van der Waals surface area (Å²) in [6.07, 6.45) is 1.68. The van der Waals surface area contributed by atoms with Gasteiger partial charge in [0.15, 0.2) is 13.9 Å². The topological polar surface area (TPSA) is 211 Å². The van der Waals surface area contributed by atoms with E-state index in [9.17, 15) is 19.5 Å². The molecule has 0 radical (unpaired) electrons. The molecule has 2 aliphatic heterocycles. The van der Waals surface area contributed by atoms with E-state index >= 15 is 4.79 Å². The largest absolute Gasteiger partial charge is 0.432 e. The van der Waals surface area contributed by atoms with Gasteiger partial charge in [0, 0.05) is 63.6 Å². The Balaban J connectivity index is 1.11. The Morgan fingerprint density at radius 1 is 0.855 bits per heavy atom. The highest BCUT2D eigenvalue weighted by Crippen LogP contribution is 2.60. The van der Waals surface area contributed by atoms with Crippen LogP contribution >= 0.6 is 0 Å². The van der Waals surface area contributed by atoms with Crippen molar-refractivity contribution in [3.8, 4) is 0 Å². The number of carbonyl (C=O) groups is 3. The molecule has 1 spiro atoms. The number of nitrogen functional groups attached to an aromatic ring is 2. The lowest BCUT2D eigenvalue weighted by atomic mass is 9.82. The molecular formula is C47H50N8O6Si. The molecule has 15 heteroatoms. The van der Waals surface area contributed by atoms with Gasteiger partial charge in [0.25, 0.3) is 17.7 Å². The number of benzene rings is 5. The molecule has 3 amide bonds. The summed E-state index contributed by atoms with van der Waals surface area (Å²) >= 11 is 0. The number of anilines is 5. The predicted molar refractivity (Wildman–Crippen MR) is 241 cm³/mol. The van der Waals surface area contributed by atoms with Crippen LogP contribution in [0, 0.1) is 5.92 Å². The van der Waals surface area contributed by atoms with E-state index < -0.39 is 25.9 Å². The third kappa shape index (κ3) is 8.22. The second-order valence-corrected chi connectivity index (χ2v) is 20.7. The fourth-order valence-corrected chi connectivity index (χ4v) is 11.7. The monoisotopic (exact) mass is 850 g/mol. The van der Waals surface area contributed by atoms with Gasteiger partial charge in [-0.1, -0.05) is 54.6 Å². The number of nitrogens with two attached hydrogens (primary N) is 2. The van der Waals surface area contributed by atoms with Crippen molar-refractivity contribution in [2.24, 2.45) is 5.92 Å². The number of aryl methyl sites for hydroxylation is 1. The van der Waals surface area contributed by atoms with Crippen LogP contribution in [0.5, 0.6) is 0 Å². The van der Waals surface area contributed by atoms with Gasteiger partial charge in [-0.15, -0.1) is 5.10 Å². The van der Waals surface area contributed by atoms with Crippen LogP contribution in [0.2, 0.25) is 18.6 Å². The summed E-state index contributed by atoms with van der Waals surface area (Å²) in [7, 11) is -3.04. The van der Waals surface area contributed by atoms with Gasteiger partial charge >= 0.3 is 0 Å². The maximum Gasteiger partial charge on any atom is 0.264 e. The average Bonchev–Trinajstić information content (AvgIpc) is 3.91. The minimum atomic E-state index is -3.04. The van der Waals surface area contributed by atoms with E-state index in [1.165, 1.54) is 0 Å². The molecule has 0 saturated carbocycles. The number of amides is 3. The lowest BCUT2D eigenvalue weighted by Crippen LogP contribution is -2.46. The van der Waals surface area contributed by atoms with Gasteiger partial charge in [0.1, 0.15) is 0 Å². The highest BCUT2D eigenvalue weighted by Gasteiger charge is 2.66. The number of aliphatic hydroxyl groups is 1. The predicted octanol–water partition coefficient (Wildman–Crippen LogP) is 6.51. The maximum atomic E-state index is 15.3. The van der Waals surface area contributed by atoms with E-state index in [4.69, 9.17) is 16.2 Å². The molecule has 318 valence electrons. The zero-order chi connectivity index (χ0) is 43.8. The Morgan fingerprint density at radius 3 is 2.10 bits per heavy atom. The fourth-order valence-electron chi connectivity index (χ4n) is 9.08. The number of rotatable bonds is 13. The molecule has 1 unspecified atom stereocenters. The maximum absolute atomic E-state index is 15.3. The average molecular weight is 851 g/mol. The highest BCUT2D eigenvalue weighted by molar-refractivity contribution is 6.71. The number of nitrogens with zero attached hydrogens (tertiary/aromatic N) is 4. The van der Waals surface area contributed by atoms with E-state index in [1.54, 1.807) is 76.3 Å². The molecular weight excluding hydrogens is 801 g/mol. The summed E-state index contributed by atoms with van der Waals surface area (Å²) in [6, 6.07) is 35.6. The van der Waals surface area contributed by atoms with Crippen molar-refractivity contribution in [2.45, 2.75) is 62.7 Å². The van der Waals surface area contributed by atoms with Crippen LogP contribution in [0.3, 0.4) is 0 Å². The molecule has 2 aliphatic rings. The highest BCUT2D eigenvalue weighted by atomic mass is 28.4. The molecule has 1 fully saturated rings. The minimum absolute atomic E-state index is 0.135. The third-order valence-electron chi connectivity index (χ3n) is 12.1. The standard InChI is InChI=1S/C47H50N8O6Si/c1-29-43(62(2,3)60)42(22-23-54-27-40(52-53-54)38(28-56)31-9-5-4-6-10-31)61-47(29)39-25-37(51-45(58)33-14-18-35(49)19-15-33)20-21-41(39)55(46(47)59)26-30-8-7-11-36(24-30)50-44(57)32-12-16-34(48)17-13-32/h4-21,24-25,27,29,38,42-43,56,60H,22-23,26,28,48-49H2,1-3H3,(H,50,57)(H,51,58)/t29-,38?,42+,43-,47+/m1/s1. The summed E-state index contributed by atoms with van der Waals surface area (Å²) in [4.78, 5) is 55.5. The number of hydrogen-bond donors (Lipinski definition) is 6. The smallest absolute Gasteiger partial charge is 0.264 e. The third-order valence-corrected chi connectivity index (χ3v) is 14.6. The van der Waals surface area contributed by atoms with E-state index in [2.05, 4.69) is 20.9 Å². The van der Waals surface area contributed by atoms with Crippen molar-refractivity contribution in [3.05, 3.63) is 161 Å². The molecule has 1 aromatic heterocycles. The summed E-state index contributed by atoms with van der Waals surface area (Å²) in [5, 5.41) is 25.0. The molecule has 8 N–H and O–H groups in total. The first kappa shape index (κ1) is 42.1. The van der Waals surface area contributed by atoms with Crippen LogP contribution in [0.15, 0.2) is 128 Å². The number of aromatic nitrogens is 3. The Hall–Kier alpha value is -6.65. The van der Waals surface area contributed by atoms with Gasteiger partial charge in [0.05, 0.1) is 36.6 Å². The van der Waals surface area contributed by atoms with Crippen LogP contribution in [0.4, 0.5) is 28.4 Å². The van der Waals surface area contributed by atoms with E-state index in [0.29, 0.717) is 63.8 Å². The Labute approximate surface area is 360 Å². The Morgan fingerprint density at radius 2 is 1.48 bits per heavy atom. The van der Waals surface area contributed by atoms with Crippen LogP contribution in [0.1, 0.15) is 62.4 Å². The van der Waals surface area contributed by atoms with E-state index in [-0.39, 0.29) is 42.3 Å². The summed E-state index contributed by atoms with van der Waals surface area (Å²) in [5.74, 6) is -1.76. The van der Waals surface area contributed by atoms with E-state index in [1.807, 2.05) is 80.8 Å². The number of carbonyl (C=O) groups excluding carboxylic acids is 3. The van der Waals surface area contributed by atoms with Crippen molar-refractivity contribution >= 4 is 54.5 Å². The molecule has 5 atom stereocenters. The zero-order valence-corrected chi connectivity index (χ0v) is 35.7. The Bertz CT molecular complexity index is 2600. The number of fused-ring (bicyclic) bond motifs is 2. The van der Waals surface area contributed by atoms with Crippen molar-refractivity contribution < 1.29 is 29.0 Å². The van der Waals surface area contributed by atoms with Crippen LogP contribution in [-0.4, -0.2) is 63.6 Å². The van der Waals surface area contributed by atoms with Gasteiger partial charge in [-0.25, -0.2) is 0 Å². The number of ether oxygens (including phenoxy) is 1. The number of aliphatic hydroxyl groups excluding tert-OH is 1. The molecule has 1 saturated heterocycles. The first-order valence-electron chi connectivity index (χ1n) is 20.6. The van der Waals surface area contributed by atoms with Gasteiger partial charge in [0.2, 0.25) is 0 Å². The lowest BCUT2D eigenvalue weighted by molar-refractivity contribution is -0.146. The SMILES string of the molecule is C[C@@H]1[C@@H]([Si](C)(C)O)[C@H](CCn2cc(C(CO)c3ccccc3)nn2)O[C@@]12C(=O)N(Cc1cccc(NC(=O)c3ccc(N)cc3)c1)c1ccc(NC(=O)c3ccc(N)cc3)cc12. The van der Waals surface area contributed by atoms with Crippen LogP contribution in [-0.2, 0) is 28.2 Å². The first-order valence-corrected chi connectivity index (χ1v) is 23.6. The zero-order valence-electron chi connectivity index (χ0n) is 34.7. The molecule has 14 nitrogen and oxygen atoms in total. The summed E-state index contributed by atoms with van der Waals surface area (Å²) < 4.78 is 8.83. The quantitative estimate of drug-likeness (QED) is 0.0548. The molecule has 8 rings (SSSR count). The molecule has 62 heavy (non-hydrogen) atoms. The van der Waals surface area contributed by atoms with Gasteiger partial charge in [-0.3, -0.25) is 19.1 Å². The number of nitrogens with one attached hydrogen (secondary N) is 2. The molecule has 3 heterocycles. The van der Waals surface area contributed by atoms with Crippen molar-refractivity contribution in [3.63, 3.8) is 0 Å². The molecule has 5 aromatic carbocycles. The second kappa shape index (κ2) is 17.0. The van der Waals surface area contributed by atoms with Gasteiger partial charge in [-0.05, 0) is 110 Å².